The first-order valence-corrected chi connectivity index (χ1v) is 12.1. The lowest BCUT2D eigenvalue weighted by Gasteiger charge is -2.20. The van der Waals surface area contributed by atoms with Gasteiger partial charge in [0.25, 0.3) is 5.91 Å². The van der Waals surface area contributed by atoms with E-state index in [1.165, 1.54) is 14.1 Å². The van der Waals surface area contributed by atoms with E-state index < -0.39 is 10.0 Å². The minimum absolute atomic E-state index is 0.0748. The van der Waals surface area contributed by atoms with Crippen LogP contribution in [0.5, 0.6) is 0 Å². The van der Waals surface area contributed by atoms with Gasteiger partial charge in [-0.2, -0.15) is 4.31 Å². The summed E-state index contributed by atoms with van der Waals surface area (Å²) in [5.41, 5.74) is 0.538. The highest BCUT2D eigenvalue weighted by Gasteiger charge is 2.32. The summed E-state index contributed by atoms with van der Waals surface area (Å²) in [4.78, 5) is 15.5. The van der Waals surface area contributed by atoms with Gasteiger partial charge in [-0.25, -0.2) is 8.42 Å². The lowest BCUT2D eigenvalue weighted by Crippen LogP contribution is -3.11. The molecule has 1 unspecified atom stereocenters. The molecule has 3 heterocycles. The number of nitrogens with one attached hydrogen (secondary N) is 2. The van der Waals surface area contributed by atoms with Gasteiger partial charge in [-0.05, 0) is 42.5 Å². The van der Waals surface area contributed by atoms with E-state index in [1.807, 2.05) is 0 Å². The van der Waals surface area contributed by atoms with Gasteiger partial charge in [0.15, 0.2) is 6.54 Å². The highest BCUT2D eigenvalue weighted by Crippen LogP contribution is 2.24. The van der Waals surface area contributed by atoms with Crippen molar-refractivity contribution in [2.75, 3.05) is 31.5 Å². The number of anilines is 1. The van der Waals surface area contributed by atoms with Gasteiger partial charge >= 0.3 is 0 Å². The molecule has 1 aromatic carbocycles. The zero-order valence-electron chi connectivity index (χ0n) is 15.8. The van der Waals surface area contributed by atoms with Crippen molar-refractivity contribution in [2.24, 2.45) is 0 Å². The van der Waals surface area contributed by atoms with Crippen LogP contribution in [0.3, 0.4) is 0 Å². The van der Waals surface area contributed by atoms with Crippen molar-refractivity contribution in [1.82, 2.24) is 4.31 Å². The van der Waals surface area contributed by atoms with E-state index in [2.05, 4.69) is 22.8 Å². The van der Waals surface area contributed by atoms with Gasteiger partial charge in [0.2, 0.25) is 10.0 Å². The van der Waals surface area contributed by atoms with Crippen molar-refractivity contribution in [2.45, 2.75) is 36.6 Å². The lowest BCUT2D eigenvalue weighted by atomic mass is 10.2. The molecule has 28 heavy (non-hydrogen) atoms. The fourth-order valence-electron chi connectivity index (χ4n) is 4.18. The Kier molecular flexibility index (Phi) is 5.82. The van der Waals surface area contributed by atoms with Gasteiger partial charge < -0.3 is 10.2 Å². The Morgan fingerprint density at radius 3 is 2.75 bits per heavy atom. The average Bonchev–Trinajstić information content (AvgIpc) is 3.43. The van der Waals surface area contributed by atoms with E-state index in [0.717, 1.165) is 32.2 Å². The number of rotatable bonds is 6. The highest BCUT2D eigenvalue weighted by molar-refractivity contribution is 7.89. The zero-order valence-corrected chi connectivity index (χ0v) is 17.4. The maximum absolute atomic E-state index is 12.7. The van der Waals surface area contributed by atoms with Gasteiger partial charge in [0, 0.05) is 31.6 Å². The molecule has 2 aliphatic rings. The van der Waals surface area contributed by atoms with E-state index in [9.17, 15) is 13.2 Å². The van der Waals surface area contributed by atoms with Crippen molar-refractivity contribution in [1.29, 1.82) is 0 Å². The molecule has 0 spiro atoms. The normalized spacial score (nSPS) is 23.1. The first kappa shape index (κ1) is 19.6. The Labute approximate surface area is 170 Å². The molecule has 0 aliphatic carbocycles. The van der Waals surface area contributed by atoms with Crippen LogP contribution in [0.1, 0.15) is 36.6 Å². The summed E-state index contributed by atoms with van der Waals surface area (Å²) >= 11 is 1.75. The average molecular weight is 421 g/mol. The Balaban J connectivity index is 1.42. The number of amides is 1. The number of thiophene rings is 1. The third-order valence-electron chi connectivity index (χ3n) is 5.58. The highest BCUT2D eigenvalue weighted by atomic mass is 32.2. The van der Waals surface area contributed by atoms with Crippen LogP contribution in [0, 0.1) is 0 Å². The molecular weight excluding hydrogens is 394 g/mol. The third-order valence-corrected chi connectivity index (χ3v) is 8.46. The summed E-state index contributed by atoms with van der Waals surface area (Å²) in [7, 11) is -3.48. The standard InChI is InChI=1S/C20H25N3O3S2/c24-20(15-22-10-4-8-18(22)19-9-5-13-27-19)21-16-6-3-7-17(14-16)28(25,26)23-11-1-2-12-23/h3,5-7,9,13-14,18H,1-2,4,8,10-12,15H2,(H,21,24)/p+1/t18-/m1/s1. The summed E-state index contributed by atoms with van der Waals surface area (Å²) in [5, 5.41) is 4.98. The second kappa shape index (κ2) is 8.32. The molecule has 2 N–H and O–H groups in total. The van der Waals surface area contributed by atoms with Crippen LogP contribution in [0.15, 0.2) is 46.7 Å². The summed E-state index contributed by atoms with van der Waals surface area (Å²) < 4.78 is 27.0. The number of carbonyl (C=O) groups excluding carboxylic acids is 1. The number of hydrogen-bond donors (Lipinski definition) is 2. The molecular formula is C20H26N3O3S2+. The van der Waals surface area contributed by atoms with Crippen molar-refractivity contribution in [3.63, 3.8) is 0 Å². The maximum atomic E-state index is 12.7. The molecule has 2 aromatic rings. The SMILES string of the molecule is O=C(C[NH+]1CCC[C@@H]1c1cccs1)Nc1cccc(S(=O)(=O)N2CCCC2)c1. The second-order valence-electron chi connectivity index (χ2n) is 7.48. The minimum atomic E-state index is -3.48. The van der Waals surface area contributed by atoms with Crippen LogP contribution in [0.4, 0.5) is 5.69 Å². The number of likely N-dealkylation sites (tertiary alicyclic amines) is 1. The second-order valence-corrected chi connectivity index (χ2v) is 10.4. The zero-order chi connectivity index (χ0) is 19.6. The van der Waals surface area contributed by atoms with Crippen molar-refractivity contribution >= 4 is 33.0 Å². The smallest absolute Gasteiger partial charge is 0.279 e. The Morgan fingerprint density at radius 2 is 2.00 bits per heavy atom. The quantitative estimate of drug-likeness (QED) is 0.750. The first-order valence-electron chi connectivity index (χ1n) is 9.82. The largest absolute Gasteiger partial charge is 0.321 e. The molecule has 150 valence electrons. The molecule has 0 bridgehead atoms. The molecule has 0 radical (unpaired) electrons. The minimum Gasteiger partial charge on any atom is -0.321 e. The molecule has 2 saturated heterocycles. The first-order chi connectivity index (χ1) is 13.5. The van der Waals surface area contributed by atoms with E-state index in [0.29, 0.717) is 31.4 Å². The molecule has 1 aromatic heterocycles. The van der Waals surface area contributed by atoms with Crippen LogP contribution in [-0.2, 0) is 14.8 Å². The summed E-state index contributed by atoms with van der Waals surface area (Å²) in [5.74, 6) is -0.0748. The molecule has 1 amide bonds. The predicted octanol–water partition coefficient (Wildman–Crippen LogP) is 1.89. The molecule has 0 saturated carbocycles. The van der Waals surface area contributed by atoms with Crippen LogP contribution in [0.25, 0.3) is 0 Å². The molecule has 2 fully saturated rings. The number of hydrogen-bond acceptors (Lipinski definition) is 4. The van der Waals surface area contributed by atoms with Crippen molar-refractivity contribution < 1.29 is 18.1 Å². The van der Waals surface area contributed by atoms with E-state index in [4.69, 9.17) is 0 Å². The van der Waals surface area contributed by atoms with E-state index in [-0.39, 0.29) is 10.8 Å². The predicted molar refractivity (Wildman–Crippen MR) is 110 cm³/mol. The molecule has 8 heteroatoms. The van der Waals surface area contributed by atoms with E-state index >= 15 is 0 Å². The van der Waals surface area contributed by atoms with Gasteiger partial charge in [0.05, 0.1) is 16.3 Å². The molecule has 6 nitrogen and oxygen atoms in total. The number of benzene rings is 1. The lowest BCUT2D eigenvalue weighted by molar-refractivity contribution is -0.910. The van der Waals surface area contributed by atoms with E-state index in [1.54, 1.807) is 35.6 Å². The summed E-state index contributed by atoms with van der Waals surface area (Å²) in [6, 6.07) is 11.2. The summed E-state index contributed by atoms with van der Waals surface area (Å²) in [6.07, 6.45) is 4.03. The fourth-order valence-corrected chi connectivity index (χ4v) is 6.66. The topological polar surface area (TPSA) is 70.9 Å². The molecule has 2 atom stereocenters. The monoisotopic (exact) mass is 420 g/mol. The van der Waals surface area contributed by atoms with Crippen molar-refractivity contribution in [3.8, 4) is 0 Å². The van der Waals surface area contributed by atoms with Gasteiger partial charge in [0.1, 0.15) is 6.04 Å². The molecule has 2 aliphatic heterocycles. The maximum Gasteiger partial charge on any atom is 0.279 e. The Hall–Kier alpha value is -1.74. The Bertz CT molecular complexity index is 922. The molecule has 4 rings (SSSR count). The van der Waals surface area contributed by atoms with Gasteiger partial charge in [-0.3, -0.25) is 4.79 Å². The van der Waals surface area contributed by atoms with Crippen LogP contribution in [0.2, 0.25) is 0 Å². The van der Waals surface area contributed by atoms with Crippen LogP contribution < -0.4 is 10.2 Å². The van der Waals surface area contributed by atoms with Crippen LogP contribution in [-0.4, -0.2) is 44.8 Å². The third kappa shape index (κ3) is 4.15. The van der Waals surface area contributed by atoms with Gasteiger partial charge in [-0.1, -0.05) is 12.1 Å². The fraction of sp³-hybridized carbons (Fsp3) is 0.450. The number of sulfonamides is 1. The summed E-state index contributed by atoms with van der Waals surface area (Å²) in [6.45, 7) is 2.52. The van der Waals surface area contributed by atoms with Gasteiger partial charge in [-0.15, -0.1) is 11.3 Å². The van der Waals surface area contributed by atoms with Crippen LogP contribution >= 0.6 is 11.3 Å². The van der Waals surface area contributed by atoms with Crippen molar-refractivity contribution in [3.05, 3.63) is 46.7 Å². The number of quaternary nitrogens is 1. The number of nitrogens with zero attached hydrogens (tertiary/aromatic N) is 1. The Morgan fingerprint density at radius 1 is 1.18 bits per heavy atom. The number of carbonyl (C=O) groups is 1.